The average Bonchev–Trinajstić information content (AvgIpc) is 2.47. The summed E-state index contributed by atoms with van der Waals surface area (Å²) < 4.78 is 0. The molecule has 1 saturated carbocycles. The highest BCUT2D eigenvalue weighted by molar-refractivity contribution is 7.98. The molecule has 2 atom stereocenters. The van der Waals surface area contributed by atoms with E-state index < -0.39 is 0 Å². The summed E-state index contributed by atoms with van der Waals surface area (Å²) >= 11 is 14.2. The highest BCUT2D eigenvalue weighted by Crippen LogP contribution is 2.29. The van der Waals surface area contributed by atoms with Gasteiger partial charge in [-0.05, 0) is 37.3 Å². The van der Waals surface area contributed by atoms with Gasteiger partial charge in [-0.1, -0.05) is 24.4 Å². The van der Waals surface area contributed by atoms with Gasteiger partial charge in [-0.2, -0.15) is 0 Å². The second-order valence-corrected chi connectivity index (χ2v) is 6.98. The van der Waals surface area contributed by atoms with Crippen LogP contribution in [0.4, 0.5) is 0 Å². The first-order chi connectivity index (χ1) is 9.54. The molecular weight excluding hydrogens is 313 g/mol. The molecule has 0 bridgehead atoms. The number of alkyl halides is 1. The fraction of sp³-hybridized carbons (Fsp3) is 0.533. The molecule has 0 radical (unpaired) electrons. The first-order valence-electron chi connectivity index (χ1n) is 6.79. The minimum absolute atomic E-state index is 0.0385. The molecule has 1 aromatic rings. The number of halogens is 2. The van der Waals surface area contributed by atoms with Crippen molar-refractivity contribution < 1.29 is 4.79 Å². The molecule has 0 heterocycles. The summed E-state index contributed by atoms with van der Waals surface area (Å²) in [5, 5.41) is 0.543. The number of hydrogen-bond acceptors (Lipinski definition) is 2. The third-order valence-electron chi connectivity index (χ3n) is 3.87. The Bertz CT molecular complexity index is 495. The van der Waals surface area contributed by atoms with E-state index in [2.05, 4.69) is 0 Å². The van der Waals surface area contributed by atoms with Crippen molar-refractivity contribution in [3.05, 3.63) is 28.8 Å². The Morgan fingerprint density at radius 3 is 2.70 bits per heavy atom. The average molecular weight is 332 g/mol. The molecule has 5 heteroatoms. The van der Waals surface area contributed by atoms with Crippen LogP contribution in [0.2, 0.25) is 5.02 Å². The van der Waals surface area contributed by atoms with Crippen molar-refractivity contribution in [1.29, 1.82) is 0 Å². The summed E-state index contributed by atoms with van der Waals surface area (Å²) in [4.78, 5) is 15.5. The molecule has 1 aliphatic carbocycles. The van der Waals surface area contributed by atoms with E-state index in [1.807, 2.05) is 25.4 Å². The van der Waals surface area contributed by atoms with Crippen molar-refractivity contribution in [2.75, 3.05) is 13.3 Å². The van der Waals surface area contributed by atoms with Gasteiger partial charge >= 0.3 is 0 Å². The quantitative estimate of drug-likeness (QED) is 0.591. The molecule has 1 aromatic carbocycles. The molecule has 1 amide bonds. The Balaban J connectivity index is 2.21. The van der Waals surface area contributed by atoms with E-state index in [1.165, 1.54) is 0 Å². The maximum atomic E-state index is 12.7. The first kappa shape index (κ1) is 16.0. The van der Waals surface area contributed by atoms with E-state index in [0.717, 1.165) is 30.6 Å². The van der Waals surface area contributed by atoms with Crippen LogP contribution in [0.1, 0.15) is 36.0 Å². The summed E-state index contributed by atoms with van der Waals surface area (Å²) in [6, 6.07) is 5.67. The molecule has 0 N–H and O–H groups in total. The van der Waals surface area contributed by atoms with Gasteiger partial charge in [-0.3, -0.25) is 4.79 Å². The lowest BCUT2D eigenvalue weighted by molar-refractivity contribution is 0.0700. The van der Waals surface area contributed by atoms with Crippen molar-refractivity contribution in [3.8, 4) is 0 Å². The Kier molecular flexibility index (Phi) is 5.65. The smallest absolute Gasteiger partial charge is 0.255 e. The zero-order valence-corrected chi connectivity index (χ0v) is 14.1. The minimum atomic E-state index is -0.0385. The first-order valence-corrected chi connectivity index (χ1v) is 8.83. The zero-order chi connectivity index (χ0) is 14.7. The molecule has 2 nitrogen and oxygen atoms in total. The highest BCUT2D eigenvalue weighted by Gasteiger charge is 2.30. The Hall–Kier alpha value is -0.380. The topological polar surface area (TPSA) is 20.3 Å². The van der Waals surface area contributed by atoms with Crippen LogP contribution >= 0.6 is 35.0 Å². The Labute approximate surface area is 134 Å². The lowest BCUT2D eigenvalue weighted by atomic mass is 9.93. The SMILES string of the molecule is CSc1ccc(Cl)c(C(=O)N(C)C2CCCCC2Cl)c1. The predicted octanol–water partition coefficient (Wildman–Crippen LogP) is 4.68. The number of carbonyl (C=O) groups excluding carboxylic acids is 1. The summed E-state index contributed by atoms with van der Waals surface area (Å²) in [7, 11) is 1.83. The molecule has 1 fully saturated rings. The molecule has 0 aliphatic heterocycles. The van der Waals surface area contributed by atoms with E-state index in [0.29, 0.717) is 10.6 Å². The Morgan fingerprint density at radius 2 is 2.05 bits per heavy atom. The van der Waals surface area contributed by atoms with Gasteiger partial charge in [0.05, 0.1) is 16.0 Å². The molecule has 0 spiro atoms. The molecule has 110 valence electrons. The van der Waals surface area contributed by atoms with Crippen LogP contribution in [-0.4, -0.2) is 35.5 Å². The van der Waals surface area contributed by atoms with Gasteiger partial charge in [0.25, 0.3) is 5.91 Å². The number of carbonyl (C=O) groups is 1. The Morgan fingerprint density at radius 1 is 1.35 bits per heavy atom. The summed E-state index contributed by atoms with van der Waals surface area (Å²) in [6.07, 6.45) is 6.20. The van der Waals surface area contributed by atoms with Crippen molar-refractivity contribution in [1.82, 2.24) is 4.90 Å². The highest BCUT2D eigenvalue weighted by atomic mass is 35.5. The molecule has 2 unspecified atom stereocenters. The van der Waals surface area contributed by atoms with E-state index in [1.54, 1.807) is 22.7 Å². The molecule has 20 heavy (non-hydrogen) atoms. The van der Waals surface area contributed by atoms with Crippen molar-refractivity contribution in [3.63, 3.8) is 0 Å². The van der Waals surface area contributed by atoms with E-state index in [-0.39, 0.29) is 17.3 Å². The lowest BCUT2D eigenvalue weighted by Crippen LogP contribution is -2.44. The number of nitrogens with zero attached hydrogens (tertiary/aromatic N) is 1. The van der Waals surface area contributed by atoms with Crippen LogP contribution in [0.25, 0.3) is 0 Å². The fourth-order valence-corrected chi connectivity index (χ4v) is 3.73. The summed E-state index contributed by atoms with van der Waals surface area (Å²) in [6.45, 7) is 0. The van der Waals surface area contributed by atoms with E-state index >= 15 is 0 Å². The fourth-order valence-electron chi connectivity index (χ4n) is 2.64. The number of rotatable bonds is 3. The standard InChI is InChI=1S/C15H19Cl2NOS/c1-18(14-6-4-3-5-13(14)17)15(19)11-9-10(20-2)7-8-12(11)16/h7-9,13-14H,3-6H2,1-2H3. The van der Waals surface area contributed by atoms with Crippen LogP contribution in [0.5, 0.6) is 0 Å². The van der Waals surface area contributed by atoms with Gasteiger partial charge in [0.15, 0.2) is 0 Å². The van der Waals surface area contributed by atoms with Crippen molar-refractivity contribution >= 4 is 40.9 Å². The third-order valence-corrected chi connectivity index (χ3v) is 5.43. The zero-order valence-electron chi connectivity index (χ0n) is 11.7. The second kappa shape index (κ2) is 7.06. The number of thioether (sulfide) groups is 1. The maximum absolute atomic E-state index is 12.7. The summed E-state index contributed by atoms with van der Waals surface area (Å²) in [5.74, 6) is -0.0385. The monoisotopic (exact) mass is 331 g/mol. The van der Waals surface area contributed by atoms with E-state index in [4.69, 9.17) is 23.2 Å². The molecule has 2 rings (SSSR count). The minimum Gasteiger partial charge on any atom is -0.337 e. The van der Waals surface area contributed by atoms with Gasteiger partial charge in [-0.15, -0.1) is 23.4 Å². The molecule has 1 aliphatic rings. The lowest BCUT2D eigenvalue weighted by Gasteiger charge is -2.35. The summed E-state index contributed by atoms with van der Waals surface area (Å²) in [5.41, 5.74) is 0.565. The van der Waals surface area contributed by atoms with E-state index in [9.17, 15) is 4.79 Å². The van der Waals surface area contributed by atoms with Crippen molar-refractivity contribution in [2.24, 2.45) is 0 Å². The molecular formula is C15H19Cl2NOS. The van der Waals surface area contributed by atoms with Gasteiger partial charge < -0.3 is 4.90 Å². The van der Waals surface area contributed by atoms with Gasteiger partial charge in [0.2, 0.25) is 0 Å². The number of benzene rings is 1. The van der Waals surface area contributed by atoms with Crippen LogP contribution in [0, 0.1) is 0 Å². The van der Waals surface area contributed by atoms with Crippen molar-refractivity contribution in [2.45, 2.75) is 42.0 Å². The third kappa shape index (κ3) is 3.44. The van der Waals surface area contributed by atoms with Crippen LogP contribution in [0.3, 0.4) is 0 Å². The normalized spacial score (nSPS) is 22.6. The van der Waals surface area contributed by atoms with Gasteiger partial charge in [-0.25, -0.2) is 0 Å². The van der Waals surface area contributed by atoms with Crippen LogP contribution in [-0.2, 0) is 0 Å². The molecule has 0 aromatic heterocycles. The van der Waals surface area contributed by atoms with Crippen LogP contribution in [0.15, 0.2) is 23.1 Å². The van der Waals surface area contributed by atoms with Gasteiger partial charge in [0.1, 0.15) is 0 Å². The molecule has 0 saturated heterocycles. The van der Waals surface area contributed by atoms with Gasteiger partial charge in [0, 0.05) is 18.0 Å². The second-order valence-electron chi connectivity index (χ2n) is 5.13. The predicted molar refractivity (Wildman–Crippen MR) is 87.2 cm³/mol. The number of amides is 1. The number of hydrogen-bond donors (Lipinski definition) is 0. The van der Waals surface area contributed by atoms with Crippen LogP contribution < -0.4 is 0 Å². The largest absolute Gasteiger partial charge is 0.337 e. The maximum Gasteiger partial charge on any atom is 0.255 e.